The second-order valence-electron chi connectivity index (χ2n) is 5.54. The van der Waals surface area contributed by atoms with E-state index in [1.807, 2.05) is 29.6 Å². The Bertz CT molecular complexity index is 838. The van der Waals surface area contributed by atoms with Crippen LogP contribution >= 0.6 is 22.9 Å². The summed E-state index contributed by atoms with van der Waals surface area (Å²) in [5, 5.41) is 17.8. The van der Waals surface area contributed by atoms with Crippen LogP contribution in [0.4, 0.5) is 5.95 Å². The van der Waals surface area contributed by atoms with E-state index in [4.69, 9.17) is 21.1 Å². The number of tetrazole rings is 1. The predicted molar refractivity (Wildman–Crippen MR) is 102 cm³/mol. The van der Waals surface area contributed by atoms with Crippen LogP contribution in [0.25, 0.3) is 0 Å². The maximum absolute atomic E-state index is 6.40. The number of aromatic nitrogens is 4. The van der Waals surface area contributed by atoms with E-state index >= 15 is 0 Å². The molecule has 0 spiro atoms. The summed E-state index contributed by atoms with van der Waals surface area (Å²) in [6, 6.07) is 7.74. The van der Waals surface area contributed by atoms with E-state index in [1.54, 1.807) is 23.2 Å². The number of anilines is 1. The molecule has 1 aromatic carbocycles. The molecule has 0 saturated carbocycles. The zero-order chi connectivity index (χ0) is 18.4. The maximum atomic E-state index is 6.40. The molecule has 26 heavy (non-hydrogen) atoms. The Labute approximate surface area is 160 Å². The lowest BCUT2D eigenvalue weighted by atomic mass is 10.2. The summed E-state index contributed by atoms with van der Waals surface area (Å²) in [6.07, 6.45) is 0.954. The molecule has 3 rings (SSSR count). The van der Waals surface area contributed by atoms with Crippen molar-refractivity contribution in [3.05, 3.63) is 45.1 Å². The van der Waals surface area contributed by atoms with Gasteiger partial charge in [-0.1, -0.05) is 29.7 Å². The van der Waals surface area contributed by atoms with Gasteiger partial charge in [0.05, 0.1) is 18.7 Å². The zero-order valence-electron chi connectivity index (χ0n) is 14.6. The van der Waals surface area contributed by atoms with E-state index in [2.05, 4.69) is 27.7 Å². The summed E-state index contributed by atoms with van der Waals surface area (Å²) in [4.78, 5) is 2.69. The minimum Gasteiger partial charge on any atom is -0.493 e. The number of methoxy groups -OCH3 is 1. The van der Waals surface area contributed by atoms with Crippen LogP contribution in [0.1, 0.15) is 23.8 Å². The number of ether oxygens (including phenoxy) is 2. The Morgan fingerprint density at radius 1 is 1.35 bits per heavy atom. The molecule has 3 aromatic rings. The van der Waals surface area contributed by atoms with Crippen molar-refractivity contribution >= 4 is 28.9 Å². The normalized spacial score (nSPS) is 10.7. The first-order valence-corrected chi connectivity index (χ1v) is 9.48. The maximum Gasteiger partial charge on any atom is 0.263 e. The lowest BCUT2D eigenvalue weighted by Gasteiger charge is -2.14. The van der Waals surface area contributed by atoms with Crippen molar-refractivity contribution in [2.75, 3.05) is 12.4 Å². The Morgan fingerprint density at radius 3 is 2.96 bits per heavy atom. The third kappa shape index (κ3) is 4.64. The molecule has 9 heteroatoms. The molecular formula is C17H20ClN5O2S. The number of nitrogens with one attached hydrogen (secondary N) is 1. The molecular weight excluding hydrogens is 374 g/mol. The van der Waals surface area contributed by atoms with Crippen molar-refractivity contribution in [1.82, 2.24) is 20.2 Å². The van der Waals surface area contributed by atoms with Crippen LogP contribution in [0.5, 0.6) is 11.5 Å². The second-order valence-corrected chi connectivity index (χ2v) is 6.98. The lowest BCUT2D eigenvalue weighted by molar-refractivity contribution is 0.287. The summed E-state index contributed by atoms with van der Waals surface area (Å²) in [7, 11) is 1.60. The van der Waals surface area contributed by atoms with Crippen LogP contribution < -0.4 is 14.8 Å². The third-order valence-electron chi connectivity index (χ3n) is 3.56. The fourth-order valence-corrected chi connectivity index (χ4v) is 3.25. The number of benzene rings is 1. The minimum absolute atomic E-state index is 0.454. The third-order valence-corrected chi connectivity index (χ3v) is 4.69. The minimum atomic E-state index is 0.454. The first-order valence-electron chi connectivity index (χ1n) is 8.23. The number of hydrogen-bond donors (Lipinski definition) is 1. The van der Waals surface area contributed by atoms with Crippen LogP contribution in [-0.4, -0.2) is 27.3 Å². The van der Waals surface area contributed by atoms with Gasteiger partial charge in [-0.3, -0.25) is 0 Å². The molecule has 0 aliphatic carbocycles. The topological polar surface area (TPSA) is 74.1 Å². The van der Waals surface area contributed by atoms with Gasteiger partial charge in [0.2, 0.25) is 0 Å². The molecule has 0 saturated heterocycles. The van der Waals surface area contributed by atoms with Crippen LogP contribution in [0, 0.1) is 0 Å². The average molecular weight is 394 g/mol. The molecule has 0 atom stereocenters. The van der Waals surface area contributed by atoms with Crippen molar-refractivity contribution in [2.24, 2.45) is 0 Å². The van der Waals surface area contributed by atoms with E-state index in [1.165, 1.54) is 0 Å². The molecule has 1 N–H and O–H groups in total. The number of halogens is 1. The van der Waals surface area contributed by atoms with E-state index in [-0.39, 0.29) is 0 Å². The molecule has 0 amide bonds. The molecule has 0 radical (unpaired) electrons. The van der Waals surface area contributed by atoms with Gasteiger partial charge in [0, 0.05) is 11.4 Å². The van der Waals surface area contributed by atoms with Crippen LogP contribution in [0.2, 0.25) is 5.02 Å². The molecule has 7 nitrogen and oxygen atoms in total. The van der Waals surface area contributed by atoms with Crippen LogP contribution in [0.15, 0.2) is 29.6 Å². The summed E-state index contributed by atoms with van der Waals surface area (Å²) in [5.74, 6) is 1.61. The Balaban J connectivity index is 1.67. The standard InChI is InChI=1S/C17H20ClN5O2S/c1-3-6-23-21-17(20-22-23)19-10-12-8-14(18)16(15(9-12)24-2)25-11-13-5-4-7-26-13/h4-5,7-9H,3,6,10-11H2,1-2H3,(H,19,21). The van der Waals surface area contributed by atoms with E-state index in [9.17, 15) is 0 Å². The van der Waals surface area contributed by atoms with Crippen molar-refractivity contribution in [3.63, 3.8) is 0 Å². The summed E-state index contributed by atoms with van der Waals surface area (Å²) >= 11 is 8.04. The van der Waals surface area contributed by atoms with Gasteiger partial charge in [-0.25, -0.2) is 0 Å². The van der Waals surface area contributed by atoms with Crippen LogP contribution in [0.3, 0.4) is 0 Å². The SMILES string of the molecule is CCCn1nnc(NCc2cc(Cl)c(OCc3cccs3)c(OC)c2)n1. The molecule has 0 bridgehead atoms. The number of hydrogen-bond acceptors (Lipinski definition) is 7. The van der Waals surface area contributed by atoms with Gasteiger partial charge in [-0.15, -0.1) is 16.4 Å². The summed E-state index contributed by atoms with van der Waals surface area (Å²) < 4.78 is 11.3. The Kier molecular flexibility index (Phi) is 6.30. The highest BCUT2D eigenvalue weighted by Gasteiger charge is 2.13. The quantitative estimate of drug-likeness (QED) is 0.592. The number of thiophene rings is 1. The van der Waals surface area contributed by atoms with Crippen molar-refractivity contribution in [3.8, 4) is 11.5 Å². The van der Waals surface area contributed by atoms with Crippen molar-refractivity contribution in [2.45, 2.75) is 33.0 Å². The molecule has 2 aromatic heterocycles. The van der Waals surface area contributed by atoms with Crippen molar-refractivity contribution < 1.29 is 9.47 Å². The fraction of sp³-hybridized carbons (Fsp3) is 0.353. The first-order chi connectivity index (χ1) is 12.7. The van der Waals surface area contributed by atoms with E-state index in [0.29, 0.717) is 35.6 Å². The first kappa shape index (κ1) is 18.5. The van der Waals surface area contributed by atoms with Crippen LogP contribution in [-0.2, 0) is 19.7 Å². The molecule has 0 aliphatic rings. The van der Waals surface area contributed by atoms with Gasteiger partial charge < -0.3 is 14.8 Å². The highest BCUT2D eigenvalue weighted by atomic mass is 35.5. The molecule has 0 unspecified atom stereocenters. The number of nitrogens with zero attached hydrogens (tertiary/aromatic N) is 4. The molecule has 138 valence electrons. The number of aryl methyl sites for hydroxylation is 1. The molecule has 0 fully saturated rings. The van der Waals surface area contributed by atoms with Gasteiger partial charge in [0.15, 0.2) is 11.5 Å². The molecule has 2 heterocycles. The average Bonchev–Trinajstić information content (AvgIpc) is 3.31. The van der Waals surface area contributed by atoms with Gasteiger partial charge in [-0.05, 0) is 40.8 Å². The zero-order valence-corrected chi connectivity index (χ0v) is 16.2. The van der Waals surface area contributed by atoms with Crippen molar-refractivity contribution in [1.29, 1.82) is 0 Å². The lowest BCUT2D eigenvalue weighted by Crippen LogP contribution is -2.04. The van der Waals surface area contributed by atoms with E-state index in [0.717, 1.165) is 23.4 Å². The monoisotopic (exact) mass is 393 g/mol. The fourth-order valence-electron chi connectivity index (χ4n) is 2.34. The predicted octanol–water partition coefficient (Wildman–Crippen LogP) is 4.00. The smallest absolute Gasteiger partial charge is 0.263 e. The highest BCUT2D eigenvalue weighted by molar-refractivity contribution is 7.09. The Morgan fingerprint density at radius 2 is 2.23 bits per heavy atom. The van der Waals surface area contributed by atoms with Gasteiger partial charge >= 0.3 is 0 Å². The van der Waals surface area contributed by atoms with E-state index < -0.39 is 0 Å². The largest absolute Gasteiger partial charge is 0.493 e. The summed E-state index contributed by atoms with van der Waals surface area (Å²) in [6.45, 7) is 3.76. The second kappa shape index (κ2) is 8.86. The highest BCUT2D eigenvalue weighted by Crippen LogP contribution is 2.37. The van der Waals surface area contributed by atoms with Gasteiger partial charge in [-0.2, -0.15) is 4.80 Å². The Hall–Kier alpha value is -2.32. The van der Waals surface area contributed by atoms with Gasteiger partial charge in [0.25, 0.3) is 5.95 Å². The molecule has 0 aliphatic heterocycles. The summed E-state index contributed by atoms with van der Waals surface area (Å²) in [5.41, 5.74) is 0.933. The number of rotatable bonds is 9. The van der Waals surface area contributed by atoms with Gasteiger partial charge in [0.1, 0.15) is 6.61 Å².